The van der Waals surface area contributed by atoms with Crippen LogP contribution in [0.1, 0.15) is 12.8 Å². The second kappa shape index (κ2) is 4.16. The Morgan fingerprint density at radius 3 is 2.22 bits per heavy atom. The monoisotopic (exact) mass is 271 g/mol. The zero-order chi connectivity index (χ0) is 13.5. The molecule has 0 spiro atoms. The second-order valence-corrected chi connectivity index (χ2v) is 6.02. The van der Waals surface area contributed by atoms with E-state index >= 15 is 0 Å². The van der Waals surface area contributed by atoms with Gasteiger partial charge in [-0.25, -0.2) is 17.7 Å². The molecule has 0 radical (unpaired) electrons. The smallest absolute Gasteiger partial charge is 0.234 e. The first-order valence-corrected chi connectivity index (χ1v) is 7.05. The number of hydrogen-bond acceptors (Lipinski definition) is 4. The van der Waals surface area contributed by atoms with Crippen LogP contribution in [0, 0.1) is 5.82 Å². The molecular formula is C11H10FNO4S. The number of sulfone groups is 1. The van der Waals surface area contributed by atoms with E-state index in [0.717, 1.165) is 24.5 Å². The predicted octanol–water partition coefficient (Wildman–Crippen LogP) is 0.883. The van der Waals surface area contributed by atoms with Crippen LogP contribution in [-0.2, 0) is 19.4 Å². The fourth-order valence-electron chi connectivity index (χ4n) is 1.74. The average Bonchev–Trinajstić information content (AvgIpc) is 2.58. The molecule has 18 heavy (non-hydrogen) atoms. The first-order chi connectivity index (χ1) is 8.30. The molecule has 1 aromatic rings. The molecule has 0 aliphatic carbocycles. The molecule has 0 saturated carbocycles. The van der Waals surface area contributed by atoms with Gasteiger partial charge in [-0.05, 0) is 18.2 Å². The molecule has 96 valence electrons. The number of rotatable bonds is 2. The summed E-state index contributed by atoms with van der Waals surface area (Å²) in [5.41, 5.74) is -0.301. The SMILES string of the molecule is CS(=O)(=O)c1ccc(F)c(N2C(=O)CCC2=O)c1. The second-order valence-electron chi connectivity index (χ2n) is 4.01. The number of anilines is 1. The van der Waals surface area contributed by atoms with Gasteiger partial charge < -0.3 is 0 Å². The average molecular weight is 271 g/mol. The Morgan fingerprint density at radius 1 is 1.17 bits per heavy atom. The van der Waals surface area contributed by atoms with Crippen LogP contribution >= 0.6 is 0 Å². The summed E-state index contributed by atoms with van der Waals surface area (Å²) in [6.45, 7) is 0. The molecule has 1 saturated heterocycles. The number of carbonyl (C=O) groups excluding carboxylic acids is 2. The van der Waals surface area contributed by atoms with Crippen molar-refractivity contribution in [3.63, 3.8) is 0 Å². The number of imide groups is 1. The highest BCUT2D eigenvalue weighted by atomic mass is 32.2. The summed E-state index contributed by atoms with van der Waals surface area (Å²) in [5, 5.41) is 0. The van der Waals surface area contributed by atoms with Crippen molar-refractivity contribution in [2.24, 2.45) is 0 Å². The lowest BCUT2D eigenvalue weighted by Gasteiger charge is -2.15. The normalized spacial score (nSPS) is 16.4. The van der Waals surface area contributed by atoms with Gasteiger partial charge in [0.05, 0.1) is 10.6 Å². The van der Waals surface area contributed by atoms with E-state index in [1.165, 1.54) is 0 Å². The van der Waals surface area contributed by atoms with Gasteiger partial charge in [0.25, 0.3) is 0 Å². The molecule has 1 aromatic carbocycles. The Kier molecular flexibility index (Phi) is 2.94. The maximum Gasteiger partial charge on any atom is 0.234 e. The lowest BCUT2D eigenvalue weighted by Crippen LogP contribution is -2.29. The van der Waals surface area contributed by atoms with Crippen LogP contribution in [0.2, 0.25) is 0 Å². The molecule has 0 bridgehead atoms. The number of hydrogen-bond donors (Lipinski definition) is 0. The van der Waals surface area contributed by atoms with Crippen molar-refractivity contribution < 1.29 is 22.4 Å². The summed E-state index contributed by atoms with van der Waals surface area (Å²) in [5.74, 6) is -1.85. The summed E-state index contributed by atoms with van der Waals surface area (Å²) in [6.07, 6.45) is 1.00. The standard InChI is InChI=1S/C11H10FNO4S/c1-18(16,17)7-2-3-8(12)9(6-7)13-10(14)4-5-11(13)15/h2-3,6H,4-5H2,1H3. The van der Waals surface area contributed by atoms with E-state index in [1.807, 2.05) is 0 Å². The lowest BCUT2D eigenvalue weighted by atomic mass is 10.3. The number of benzene rings is 1. The minimum Gasteiger partial charge on any atom is -0.274 e. The Bertz CT molecular complexity index is 622. The minimum absolute atomic E-state index is 0.0153. The van der Waals surface area contributed by atoms with Crippen LogP contribution in [0.15, 0.2) is 23.1 Å². The van der Waals surface area contributed by atoms with Crippen molar-refractivity contribution in [3.8, 4) is 0 Å². The van der Waals surface area contributed by atoms with E-state index in [0.29, 0.717) is 4.90 Å². The third-order valence-corrected chi connectivity index (χ3v) is 3.75. The van der Waals surface area contributed by atoms with Gasteiger partial charge >= 0.3 is 0 Å². The van der Waals surface area contributed by atoms with Gasteiger partial charge in [-0.2, -0.15) is 0 Å². The Morgan fingerprint density at radius 2 is 1.72 bits per heavy atom. The Labute approximate surface area is 103 Å². The topological polar surface area (TPSA) is 71.5 Å². The number of amides is 2. The van der Waals surface area contributed by atoms with Gasteiger partial charge in [0.15, 0.2) is 9.84 Å². The maximum atomic E-state index is 13.6. The molecule has 0 N–H and O–H groups in total. The molecule has 2 amide bonds. The number of nitrogens with zero attached hydrogens (tertiary/aromatic N) is 1. The van der Waals surface area contributed by atoms with Gasteiger partial charge in [0.2, 0.25) is 11.8 Å². The van der Waals surface area contributed by atoms with Crippen LogP contribution in [0.3, 0.4) is 0 Å². The van der Waals surface area contributed by atoms with E-state index < -0.39 is 27.5 Å². The maximum absolute atomic E-state index is 13.6. The highest BCUT2D eigenvalue weighted by Crippen LogP contribution is 2.27. The van der Waals surface area contributed by atoms with Gasteiger partial charge in [-0.15, -0.1) is 0 Å². The molecule has 1 aliphatic heterocycles. The largest absolute Gasteiger partial charge is 0.274 e. The molecule has 2 rings (SSSR count). The highest BCUT2D eigenvalue weighted by Gasteiger charge is 2.32. The zero-order valence-corrected chi connectivity index (χ0v) is 10.3. The first kappa shape index (κ1) is 12.7. The van der Waals surface area contributed by atoms with Crippen molar-refractivity contribution in [1.82, 2.24) is 0 Å². The molecule has 0 unspecified atom stereocenters. The fourth-order valence-corrected chi connectivity index (χ4v) is 2.38. The van der Waals surface area contributed by atoms with Crippen LogP contribution < -0.4 is 4.90 Å². The molecule has 0 aromatic heterocycles. The summed E-state index contributed by atoms with van der Waals surface area (Å²) in [7, 11) is -3.52. The van der Waals surface area contributed by atoms with Gasteiger partial charge in [0.1, 0.15) is 5.82 Å². The first-order valence-electron chi connectivity index (χ1n) is 5.16. The van der Waals surface area contributed by atoms with Gasteiger partial charge in [0, 0.05) is 19.1 Å². The van der Waals surface area contributed by atoms with Crippen molar-refractivity contribution in [3.05, 3.63) is 24.0 Å². The van der Waals surface area contributed by atoms with Crippen LogP contribution in [0.4, 0.5) is 10.1 Å². The van der Waals surface area contributed by atoms with E-state index in [-0.39, 0.29) is 23.4 Å². The number of carbonyl (C=O) groups is 2. The Hall–Kier alpha value is -1.76. The van der Waals surface area contributed by atoms with E-state index in [4.69, 9.17) is 0 Å². The molecular weight excluding hydrogens is 261 g/mol. The quantitative estimate of drug-likeness (QED) is 0.591. The minimum atomic E-state index is -3.52. The number of halogens is 1. The third-order valence-electron chi connectivity index (χ3n) is 2.64. The summed E-state index contributed by atoms with van der Waals surface area (Å²) in [4.78, 5) is 23.5. The lowest BCUT2D eigenvalue weighted by molar-refractivity contribution is -0.121. The van der Waals surface area contributed by atoms with Crippen LogP contribution in [0.5, 0.6) is 0 Å². The molecule has 7 heteroatoms. The molecule has 1 fully saturated rings. The molecule has 5 nitrogen and oxygen atoms in total. The zero-order valence-electron chi connectivity index (χ0n) is 9.51. The molecule has 1 aliphatic rings. The molecule has 0 atom stereocenters. The van der Waals surface area contributed by atoms with Crippen LogP contribution in [0.25, 0.3) is 0 Å². The summed E-state index contributed by atoms with van der Waals surface area (Å²) < 4.78 is 36.3. The van der Waals surface area contributed by atoms with E-state index in [1.54, 1.807) is 0 Å². The van der Waals surface area contributed by atoms with Crippen LogP contribution in [-0.4, -0.2) is 26.5 Å². The summed E-state index contributed by atoms with van der Waals surface area (Å²) in [6, 6.07) is 3.04. The van der Waals surface area contributed by atoms with Crippen molar-refractivity contribution >= 4 is 27.3 Å². The van der Waals surface area contributed by atoms with E-state index in [9.17, 15) is 22.4 Å². The predicted molar refractivity (Wildman–Crippen MR) is 61.2 cm³/mol. The van der Waals surface area contributed by atoms with Gasteiger partial charge in [-0.3, -0.25) is 9.59 Å². The third kappa shape index (κ3) is 2.13. The van der Waals surface area contributed by atoms with E-state index in [2.05, 4.69) is 0 Å². The van der Waals surface area contributed by atoms with Crippen molar-refractivity contribution in [2.75, 3.05) is 11.2 Å². The van der Waals surface area contributed by atoms with Crippen molar-refractivity contribution in [2.45, 2.75) is 17.7 Å². The fraction of sp³-hybridized carbons (Fsp3) is 0.273. The van der Waals surface area contributed by atoms with Gasteiger partial charge in [-0.1, -0.05) is 0 Å². The van der Waals surface area contributed by atoms with Crippen molar-refractivity contribution in [1.29, 1.82) is 0 Å². The molecule has 1 heterocycles. The summed E-state index contributed by atoms with van der Waals surface area (Å²) >= 11 is 0. The highest BCUT2D eigenvalue weighted by molar-refractivity contribution is 7.90. The Balaban J connectivity index is 2.57.